The molecule has 1 spiro atoms. The van der Waals surface area contributed by atoms with Gasteiger partial charge >= 0.3 is 0 Å². The number of hydrogen-bond donors (Lipinski definition) is 1. The molecule has 1 radical (unpaired) electrons. The Labute approximate surface area is 185 Å². The van der Waals surface area contributed by atoms with E-state index < -0.39 is 0 Å². The number of aromatic nitrogens is 4. The largest absolute Gasteiger partial charge is 0.382 e. The number of anilines is 2. The van der Waals surface area contributed by atoms with E-state index in [9.17, 15) is 0 Å². The second kappa shape index (κ2) is 7.59. The van der Waals surface area contributed by atoms with E-state index in [4.69, 9.17) is 27.1 Å². The quantitative estimate of drug-likeness (QED) is 0.654. The van der Waals surface area contributed by atoms with Gasteiger partial charge in [-0.25, -0.2) is 15.0 Å². The molecule has 0 aliphatic carbocycles. The summed E-state index contributed by atoms with van der Waals surface area (Å²) in [4.78, 5) is 17.8. The second-order valence-corrected chi connectivity index (χ2v) is 9.52. The molecule has 0 saturated carbocycles. The molecule has 2 fully saturated rings. The Morgan fingerprint density at radius 3 is 2.80 bits per heavy atom. The summed E-state index contributed by atoms with van der Waals surface area (Å²) in [6.45, 7) is 6.88. The van der Waals surface area contributed by atoms with Crippen molar-refractivity contribution in [3.8, 4) is 0 Å². The third-order valence-electron chi connectivity index (χ3n) is 6.01. The average molecular weight is 444 g/mol. The van der Waals surface area contributed by atoms with Gasteiger partial charge in [0.05, 0.1) is 28.3 Å². The fraction of sp³-hybridized carbons (Fsp3) is 0.429. The Morgan fingerprint density at radius 2 is 2.07 bits per heavy atom. The molecule has 1 atom stereocenters. The average Bonchev–Trinajstić information content (AvgIpc) is 3.35. The van der Waals surface area contributed by atoms with Gasteiger partial charge in [0.2, 0.25) is 5.95 Å². The molecule has 2 N–H and O–H groups in total. The fourth-order valence-electron chi connectivity index (χ4n) is 4.38. The predicted molar refractivity (Wildman–Crippen MR) is 119 cm³/mol. The van der Waals surface area contributed by atoms with E-state index in [1.807, 2.05) is 25.4 Å². The Bertz CT molecular complexity index is 1090. The molecule has 0 bridgehead atoms. The Morgan fingerprint density at radius 1 is 1.27 bits per heavy atom. The molecule has 9 heteroatoms. The zero-order valence-corrected chi connectivity index (χ0v) is 18.6. The topological polar surface area (TPSA) is 81.6 Å². The maximum atomic E-state index is 6.37. The van der Waals surface area contributed by atoms with Crippen LogP contribution in [0.4, 0.5) is 11.8 Å². The number of fused-ring (bicyclic) bond motifs is 1. The highest BCUT2D eigenvalue weighted by molar-refractivity contribution is 7.99. The molecular formula is C21H24ClN6OS. The van der Waals surface area contributed by atoms with Crippen LogP contribution >= 0.6 is 23.4 Å². The van der Waals surface area contributed by atoms with Gasteiger partial charge in [-0.15, -0.1) is 0 Å². The van der Waals surface area contributed by atoms with E-state index in [1.165, 1.54) is 11.8 Å². The van der Waals surface area contributed by atoms with Crippen molar-refractivity contribution in [2.75, 3.05) is 30.3 Å². The van der Waals surface area contributed by atoms with Gasteiger partial charge in [0.25, 0.3) is 0 Å². The highest BCUT2D eigenvalue weighted by Crippen LogP contribution is 2.43. The first kappa shape index (κ1) is 19.9. The van der Waals surface area contributed by atoms with Crippen LogP contribution in [0, 0.1) is 18.8 Å². The van der Waals surface area contributed by atoms with Crippen LogP contribution in [-0.4, -0.2) is 45.2 Å². The van der Waals surface area contributed by atoms with Crippen LogP contribution in [0.3, 0.4) is 0 Å². The lowest BCUT2D eigenvalue weighted by atomic mass is 9.77. The summed E-state index contributed by atoms with van der Waals surface area (Å²) in [7, 11) is 0. The van der Waals surface area contributed by atoms with E-state index in [-0.39, 0.29) is 11.5 Å². The number of aryl methyl sites for hydroxylation is 1. The minimum absolute atomic E-state index is 0.215. The summed E-state index contributed by atoms with van der Waals surface area (Å²) in [6, 6.07) is 1.86. The molecule has 7 nitrogen and oxygen atoms in total. The van der Waals surface area contributed by atoms with Crippen molar-refractivity contribution in [3.63, 3.8) is 0 Å². The van der Waals surface area contributed by atoms with Crippen LogP contribution < -0.4 is 10.6 Å². The number of nitrogen functional groups attached to an aromatic ring is 1. The van der Waals surface area contributed by atoms with Crippen LogP contribution in [0.25, 0.3) is 5.65 Å². The smallest absolute Gasteiger partial charge is 0.211 e. The normalized spacial score (nSPS) is 21.0. The molecule has 5 heterocycles. The van der Waals surface area contributed by atoms with Gasteiger partial charge in [0.1, 0.15) is 5.82 Å². The summed E-state index contributed by atoms with van der Waals surface area (Å²) in [5, 5.41) is 0.460. The molecule has 0 aromatic carbocycles. The number of pyridine rings is 1. The van der Waals surface area contributed by atoms with Gasteiger partial charge in [-0.3, -0.25) is 4.40 Å². The van der Waals surface area contributed by atoms with E-state index in [2.05, 4.69) is 32.6 Å². The number of imidazole rings is 1. The number of nitrogens with zero attached hydrogens (tertiary/aromatic N) is 5. The Kier molecular flexibility index (Phi) is 5.03. The molecule has 157 valence electrons. The number of nitrogens with two attached hydrogens (primary N) is 1. The summed E-state index contributed by atoms with van der Waals surface area (Å²) < 4.78 is 7.90. The van der Waals surface area contributed by atoms with E-state index in [0.29, 0.717) is 10.8 Å². The number of hydrogen-bond acceptors (Lipinski definition) is 7. The minimum Gasteiger partial charge on any atom is -0.382 e. The number of ether oxygens (including phenoxy) is 1. The first-order valence-electron chi connectivity index (χ1n) is 10.1. The SMILES string of the molecule is Cc1nc(N2CCC3([CH][C@H](C)OC3)CC2)n2ccnc2c1Sc1ccnc(N)c1Cl. The highest BCUT2D eigenvalue weighted by atomic mass is 35.5. The minimum atomic E-state index is 0.215. The van der Waals surface area contributed by atoms with E-state index >= 15 is 0 Å². The van der Waals surface area contributed by atoms with Crippen molar-refractivity contribution >= 4 is 40.8 Å². The zero-order chi connectivity index (χ0) is 20.9. The van der Waals surface area contributed by atoms with Crippen LogP contribution in [0.15, 0.2) is 34.4 Å². The molecule has 2 aliphatic heterocycles. The standard InChI is InChI=1S/C21H24ClN6OS/c1-13-11-21(12-29-13)4-8-27(9-5-21)20-26-14(2)17(19-25-7-10-28(19)20)30-15-3-6-24-18(23)16(15)22/h3,6-7,10-11,13H,4-5,8-9,12H2,1-2H3,(H2,23,24)/t13-/m0/s1. The molecule has 2 aliphatic rings. The molecular weight excluding hydrogens is 420 g/mol. The second-order valence-electron chi connectivity index (χ2n) is 8.09. The Hall–Kier alpha value is -2.03. The predicted octanol–water partition coefficient (Wildman–Crippen LogP) is 4.03. The van der Waals surface area contributed by atoms with Crippen molar-refractivity contribution in [3.05, 3.63) is 41.8 Å². The molecule has 3 aromatic heterocycles. The summed E-state index contributed by atoms with van der Waals surface area (Å²) in [5.74, 6) is 1.26. The third kappa shape index (κ3) is 3.40. The lowest BCUT2D eigenvalue weighted by Crippen LogP contribution is -2.42. The van der Waals surface area contributed by atoms with Crippen LogP contribution in [0.2, 0.25) is 5.02 Å². The van der Waals surface area contributed by atoms with Gasteiger partial charge in [0.15, 0.2) is 5.65 Å². The van der Waals surface area contributed by atoms with E-state index in [1.54, 1.807) is 6.20 Å². The van der Waals surface area contributed by atoms with Crippen molar-refractivity contribution in [2.24, 2.45) is 5.41 Å². The van der Waals surface area contributed by atoms with E-state index in [0.717, 1.165) is 59.6 Å². The van der Waals surface area contributed by atoms with Gasteiger partial charge in [0, 0.05) is 42.0 Å². The Balaban J connectivity index is 1.45. The maximum absolute atomic E-state index is 6.37. The number of piperidine rings is 1. The lowest BCUT2D eigenvalue weighted by molar-refractivity contribution is 0.0977. The van der Waals surface area contributed by atoms with Gasteiger partial charge < -0.3 is 15.4 Å². The zero-order valence-electron chi connectivity index (χ0n) is 17.0. The molecule has 30 heavy (non-hydrogen) atoms. The monoisotopic (exact) mass is 443 g/mol. The fourth-order valence-corrected chi connectivity index (χ4v) is 5.58. The third-order valence-corrected chi connectivity index (χ3v) is 7.76. The van der Waals surface area contributed by atoms with Crippen LogP contribution in [0.5, 0.6) is 0 Å². The van der Waals surface area contributed by atoms with Crippen LogP contribution in [0.1, 0.15) is 25.5 Å². The van der Waals surface area contributed by atoms with Crippen molar-refractivity contribution in [1.29, 1.82) is 0 Å². The van der Waals surface area contributed by atoms with Crippen molar-refractivity contribution in [1.82, 2.24) is 19.4 Å². The van der Waals surface area contributed by atoms with Gasteiger partial charge in [-0.05, 0) is 39.2 Å². The van der Waals surface area contributed by atoms with Crippen molar-refractivity contribution < 1.29 is 4.74 Å². The van der Waals surface area contributed by atoms with Gasteiger partial charge in [-0.2, -0.15) is 0 Å². The van der Waals surface area contributed by atoms with Gasteiger partial charge in [-0.1, -0.05) is 23.4 Å². The molecule has 2 saturated heterocycles. The molecule has 3 aromatic rings. The molecule has 0 unspecified atom stereocenters. The first-order chi connectivity index (χ1) is 14.5. The highest BCUT2D eigenvalue weighted by Gasteiger charge is 2.41. The molecule has 5 rings (SSSR count). The summed E-state index contributed by atoms with van der Waals surface area (Å²) >= 11 is 7.89. The summed E-state index contributed by atoms with van der Waals surface area (Å²) in [5.41, 5.74) is 7.88. The first-order valence-corrected chi connectivity index (χ1v) is 11.3. The van der Waals surface area contributed by atoms with Crippen LogP contribution in [-0.2, 0) is 4.74 Å². The maximum Gasteiger partial charge on any atom is 0.211 e. The summed E-state index contributed by atoms with van der Waals surface area (Å²) in [6.07, 6.45) is 10.3. The lowest BCUT2D eigenvalue weighted by Gasteiger charge is -2.39. The number of rotatable bonds is 3. The van der Waals surface area contributed by atoms with Crippen molar-refractivity contribution in [2.45, 2.75) is 42.6 Å². The number of halogens is 1. The molecule has 0 amide bonds.